The lowest BCUT2D eigenvalue weighted by molar-refractivity contribution is -0.125. The molecule has 0 saturated carbocycles. The number of allylic oxidation sites excluding steroid dienone is 3. The van der Waals surface area contributed by atoms with Crippen LogP contribution in [0.25, 0.3) is 0 Å². The number of carbonyl (C=O) groups excluding carboxylic acids is 1. The van der Waals surface area contributed by atoms with Crippen LogP contribution in [0.5, 0.6) is 0 Å². The van der Waals surface area contributed by atoms with Gasteiger partial charge in [-0.1, -0.05) is 25.2 Å². The van der Waals surface area contributed by atoms with Gasteiger partial charge >= 0.3 is 0 Å². The predicted octanol–water partition coefficient (Wildman–Crippen LogP) is 2.92. The van der Waals surface area contributed by atoms with Crippen LogP contribution in [0, 0.1) is 5.92 Å². The van der Waals surface area contributed by atoms with Crippen molar-refractivity contribution in [2.45, 2.75) is 47.1 Å². The number of guanidine groups is 1. The minimum atomic E-state index is -0.136. The molecule has 1 rings (SSSR count). The Kier molecular flexibility index (Phi) is 11.4. The lowest BCUT2D eigenvalue weighted by Crippen LogP contribution is -2.45. The van der Waals surface area contributed by atoms with Crippen molar-refractivity contribution < 1.29 is 4.79 Å². The van der Waals surface area contributed by atoms with Crippen LogP contribution < -0.4 is 5.73 Å². The first-order valence-corrected chi connectivity index (χ1v) is 11.1. The van der Waals surface area contributed by atoms with Gasteiger partial charge in [0.1, 0.15) is 0 Å². The average Bonchev–Trinajstić information content (AvgIpc) is 2.68. The van der Waals surface area contributed by atoms with Gasteiger partial charge in [-0.2, -0.15) is 0 Å². The minimum absolute atomic E-state index is 0.0426. The van der Waals surface area contributed by atoms with Crippen molar-refractivity contribution in [3.8, 4) is 0 Å². The maximum atomic E-state index is 12.4. The number of nitrogens with two attached hydrogens (primary N) is 1. The third-order valence-electron chi connectivity index (χ3n) is 5.61. The van der Waals surface area contributed by atoms with Gasteiger partial charge in [0, 0.05) is 63.3 Å². The minimum Gasteiger partial charge on any atom is -0.368 e. The summed E-state index contributed by atoms with van der Waals surface area (Å²) in [6.45, 7) is 19.2. The van der Waals surface area contributed by atoms with Crippen LogP contribution in [0.4, 0.5) is 0 Å². The summed E-state index contributed by atoms with van der Waals surface area (Å²) in [4.78, 5) is 27.7. The standard InChI is InChI=1S/C24H42N6O/c1-9-10-22(15-19(4)17-30-13-11-28(7)12-14-30)27-24(25)26-20(5)16-23(31)29(8)21(6)18(2)3/h9-10,16,19,21H,2,11-15,17H2,1,3-8H3,(H2,25,26)/b10-9-,20-16+,27-22?. The molecule has 174 valence electrons. The van der Waals surface area contributed by atoms with Crippen LogP contribution in [0.3, 0.4) is 0 Å². The quantitative estimate of drug-likeness (QED) is 0.264. The van der Waals surface area contributed by atoms with Crippen molar-refractivity contribution >= 4 is 17.6 Å². The maximum Gasteiger partial charge on any atom is 0.248 e. The zero-order chi connectivity index (χ0) is 23.6. The van der Waals surface area contributed by atoms with Gasteiger partial charge in [0.2, 0.25) is 11.9 Å². The molecule has 0 radical (unpaired) electrons. The molecule has 0 bridgehead atoms. The molecule has 0 spiro atoms. The number of hydrogen-bond acceptors (Lipinski definition) is 4. The highest BCUT2D eigenvalue weighted by Crippen LogP contribution is 2.11. The first-order chi connectivity index (χ1) is 14.5. The monoisotopic (exact) mass is 430 g/mol. The fourth-order valence-corrected chi connectivity index (χ4v) is 3.42. The zero-order valence-electron chi connectivity index (χ0n) is 20.6. The van der Waals surface area contributed by atoms with Crippen LogP contribution in [0.15, 0.2) is 46.1 Å². The normalized spacial score (nSPS) is 19.5. The van der Waals surface area contributed by atoms with E-state index in [0.29, 0.717) is 11.6 Å². The predicted molar refractivity (Wildman–Crippen MR) is 132 cm³/mol. The molecule has 7 heteroatoms. The molecule has 0 aliphatic carbocycles. The van der Waals surface area contributed by atoms with Gasteiger partial charge in [0.05, 0.1) is 0 Å². The second-order valence-corrected chi connectivity index (χ2v) is 8.74. The van der Waals surface area contributed by atoms with Gasteiger partial charge < -0.3 is 20.4 Å². The van der Waals surface area contributed by atoms with E-state index >= 15 is 0 Å². The molecule has 2 atom stereocenters. The SMILES string of the molecule is C=C(C)C(C)N(C)C(=O)/C=C(\C)N=C(N)N=C(/C=C\C)CC(C)CN1CCN(C)CC1. The van der Waals surface area contributed by atoms with Crippen molar-refractivity contribution in [3.63, 3.8) is 0 Å². The largest absolute Gasteiger partial charge is 0.368 e. The number of amides is 1. The van der Waals surface area contributed by atoms with Crippen molar-refractivity contribution in [1.82, 2.24) is 14.7 Å². The van der Waals surface area contributed by atoms with Crippen molar-refractivity contribution in [2.24, 2.45) is 21.6 Å². The van der Waals surface area contributed by atoms with E-state index in [1.165, 1.54) is 6.08 Å². The summed E-state index contributed by atoms with van der Waals surface area (Å²) in [6.07, 6.45) is 6.25. The number of likely N-dealkylation sites (N-methyl/N-ethyl adjacent to an activating group) is 2. The Morgan fingerprint density at radius 1 is 1.19 bits per heavy atom. The summed E-state index contributed by atoms with van der Waals surface area (Å²) in [5.41, 5.74) is 8.43. The fourth-order valence-electron chi connectivity index (χ4n) is 3.42. The molecular weight excluding hydrogens is 388 g/mol. The van der Waals surface area contributed by atoms with E-state index in [9.17, 15) is 4.79 Å². The Hall–Kier alpha value is -2.25. The second-order valence-electron chi connectivity index (χ2n) is 8.74. The van der Waals surface area contributed by atoms with Gasteiger partial charge in [0.25, 0.3) is 0 Å². The molecule has 31 heavy (non-hydrogen) atoms. The number of hydrogen-bond donors (Lipinski definition) is 1. The van der Waals surface area contributed by atoms with E-state index < -0.39 is 0 Å². The van der Waals surface area contributed by atoms with Crippen molar-refractivity contribution in [3.05, 3.63) is 36.1 Å². The van der Waals surface area contributed by atoms with Gasteiger partial charge in [-0.15, -0.1) is 0 Å². The molecule has 1 amide bonds. The second kappa shape index (κ2) is 13.2. The molecule has 1 fully saturated rings. The number of nitrogens with zero attached hydrogens (tertiary/aromatic N) is 5. The van der Waals surface area contributed by atoms with Crippen LogP contribution >= 0.6 is 0 Å². The third-order valence-corrected chi connectivity index (χ3v) is 5.61. The van der Waals surface area contributed by atoms with Crippen molar-refractivity contribution in [1.29, 1.82) is 0 Å². The molecular formula is C24H42N6O. The molecule has 7 nitrogen and oxygen atoms in total. The van der Waals surface area contributed by atoms with E-state index in [0.717, 1.165) is 50.4 Å². The number of rotatable bonds is 9. The first-order valence-electron chi connectivity index (χ1n) is 11.1. The lowest BCUT2D eigenvalue weighted by Gasteiger charge is -2.33. The molecule has 1 aliphatic heterocycles. The molecule has 2 unspecified atom stereocenters. The molecule has 1 aliphatic rings. The smallest absolute Gasteiger partial charge is 0.248 e. The van der Waals surface area contributed by atoms with Gasteiger partial charge in [0.15, 0.2) is 0 Å². The number of carbonyl (C=O) groups is 1. The van der Waals surface area contributed by atoms with Crippen LogP contribution in [0.1, 0.15) is 41.0 Å². The van der Waals surface area contributed by atoms with Crippen LogP contribution in [-0.2, 0) is 4.79 Å². The van der Waals surface area contributed by atoms with Gasteiger partial charge in [-0.3, -0.25) is 4.79 Å². The summed E-state index contributed by atoms with van der Waals surface area (Å²) in [7, 11) is 3.92. The summed E-state index contributed by atoms with van der Waals surface area (Å²) in [5, 5.41) is 0. The zero-order valence-corrected chi connectivity index (χ0v) is 20.6. The number of aliphatic imine (C=N–C) groups is 2. The third kappa shape index (κ3) is 10.1. The summed E-state index contributed by atoms with van der Waals surface area (Å²) < 4.78 is 0. The summed E-state index contributed by atoms with van der Waals surface area (Å²) in [5.74, 6) is 0.488. The Bertz CT molecular complexity index is 728. The Labute approximate surface area is 189 Å². The maximum absolute atomic E-state index is 12.4. The lowest BCUT2D eigenvalue weighted by atomic mass is 10.0. The molecule has 2 N–H and O–H groups in total. The Morgan fingerprint density at radius 3 is 2.35 bits per heavy atom. The van der Waals surface area contributed by atoms with Gasteiger partial charge in [-0.05, 0) is 53.2 Å². The molecule has 0 aromatic rings. The van der Waals surface area contributed by atoms with E-state index in [2.05, 4.69) is 40.3 Å². The highest BCUT2D eigenvalue weighted by atomic mass is 16.2. The summed E-state index contributed by atoms with van der Waals surface area (Å²) in [6, 6.07) is -0.0426. The van der Waals surface area contributed by atoms with E-state index in [1.807, 2.05) is 32.9 Å². The molecule has 0 aromatic heterocycles. The van der Waals surface area contributed by atoms with E-state index in [4.69, 9.17) is 5.73 Å². The van der Waals surface area contributed by atoms with Crippen LogP contribution in [0.2, 0.25) is 0 Å². The molecule has 1 heterocycles. The highest BCUT2D eigenvalue weighted by molar-refractivity contribution is 6.03. The van der Waals surface area contributed by atoms with E-state index in [1.54, 1.807) is 18.9 Å². The molecule has 0 aromatic carbocycles. The van der Waals surface area contributed by atoms with E-state index in [-0.39, 0.29) is 17.9 Å². The molecule has 1 saturated heterocycles. The fraction of sp³-hybridized carbons (Fsp3) is 0.625. The first kappa shape index (κ1) is 26.8. The Morgan fingerprint density at radius 2 is 1.81 bits per heavy atom. The Balaban J connectivity index is 2.78. The van der Waals surface area contributed by atoms with Crippen molar-refractivity contribution in [2.75, 3.05) is 46.8 Å². The average molecular weight is 431 g/mol. The van der Waals surface area contributed by atoms with Crippen LogP contribution in [-0.4, -0.2) is 85.1 Å². The highest BCUT2D eigenvalue weighted by Gasteiger charge is 2.17. The topological polar surface area (TPSA) is 77.5 Å². The number of piperazine rings is 1. The summed E-state index contributed by atoms with van der Waals surface area (Å²) >= 11 is 0. The van der Waals surface area contributed by atoms with Gasteiger partial charge in [-0.25, -0.2) is 9.98 Å².